The summed E-state index contributed by atoms with van der Waals surface area (Å²) in [5, 5.41) is 22.0. The predicted octanol–water partition coefficient (Wildman–Crippen LogP) is 3.04. The molecule has 38 heavy (non-hydrogen) atoms. The van der Waals surface area contributed by atoms with E-state index in [4.69, 9.17) is 15.2 Å². The lowest BCUT2D eigenvalue weighted by Gasteiger charge is -2.37. The summed E-state index contributed by atoms with van der Waals surface area (Å²) >= 11 is 0. The lowest BCUT2D eigenvalue weighted by Crippen LogP contribution is -2.39. The average Bonchev–Trinajstić information content (AvgIpc) is 3.52. The summed E-state index contributed by atoms with van der Waals surface area (Å²) in [6.45, 7) is -0.00282. The molecule has 1 saturated heterocycles. The van der Waals surface area contributed by atoms with Crippen molar-refractivity contribution in [3.63, 3.8) is 0 Å². The molecule has 2 aromatic heterocycles. The molecule has 9 heteroatoms. The summed E-state index contributed by atoms with van der Waals surface area (Å²) in [6.07, 6.45) is -1.42. The first-order valence-corrected chi connectivity index (χ1v) is 12.3. The van der Waals surface area contributed by atoms with E-state index in [2.05, 4.69) is 15.0 Å². The zero-order valence-corrected chi connectivity index (χ0v) is 20.4. The third kappa shape index (κ3) is 4.02. The van der Waals surface area contributed by atoms with Crippen LogP contribution in [0.2, 0.25) is 0 Å². The molecular weight excluding hydrogens is 482 g/mol. The standard InChI is InChI=1S/C29H27N5O4/c30-26-23-27(32-17-31-26)34(18-33-23)28-25(36)24(35)22(38-28)16-37-29(19-10-4-1-5-11-19,20-12-6-2-7-13-20)21-14-8-3-9-15-21/h1-15,17-18,22,24-25,28,35-36H,16H2,(H2,30,31,32)/t22-,24?,25?,28-/m1/s1. The molecule has 4 atom stereocenters. The van der Waals surface area contributed by atoms with Crippen LogP contribution in [0.3, 0.4) is 0 Å². The number of ether oxygens (including phenoxy) is 2. The van der Waals surface area contributed by atoms with Gasteiger partial charge in [-0.05, 0) is 16.7 Å². The first kappa shape index (κ1) is 24.2. The van der Waals surface area contributed by atoms with Gasteiger partial charge in [0.15, 0.2) is 17.7 Å². The Hall–Kier alpha value is -4.15. The van der Waals surface area contributed by atoms with Crippen molar-refractivity contribution in [2.75, 3.05) is 12.3 Å². The number of hydrogen-bond acceptors (Lipinski definition) is 8. The van der Waals surface area contributed by atoms with Crippen LogP contribution in [0.15, 0.2) is 104 Å². The normalized spacial score (nSPS) is 21.6. The van der Waals surface area contributed by atoms with Crippen LogP contribution in [0.25, 0.3) is 11.2 Å². The number of anilines is 1. The Balaban J connectivity index is 1.36. The molecule has 1 fully saturated rings. The second-order valence-corrected chi connectivity index (χ2v) is 9.22. The highest BCUT2D eigenvalue weighted by molar-refractivity contribution is 5.81. The van der Waals surface area contributed by atoms with E-state index in [1.165, 1.54) is 12.7 Å². The van der Waals surface area contributed by atoms with Gasteiger partial charge in [-0.25, -0.2) is 15.0 Å². The Kier molecular flexibility index (Phi) is 6.34. The number of aliphatic hydroxyl groups excluding tert-OH is 2. The van der Waals surface area contributed by atoms with Gasteiger partial charge in [-0.2, -0.15) is 0 Å². The minimum Gasteiger partial charge on any atom is -0.387 e. The quantitative estimate of drug-likeness (QED) is 0.286. The Morgan fingerprint density at radius 2 is 1.34 bits per heavy atom. The third-order valence-corrected chi connectivity index (χ3v) is 7.00. The van der Waals surface area contributed by atoms with Gasteiger partial charge in [0.1, 0.15) is 35.8 Å². The molecule has 9 nitrogen and oxygen atoms in total. The number of aromatic nitrogens is 4. The lowest BCUT2D eigenvalue weighted by atomic mass is 9.80. The van der Waals surface area contributed by atoms with Crippen LogP contribution in [-0.4, -0.2) is 54.7 Å². The number of aliphatic hydroxyl groups is 2. The second-order valence-electron chi connectivity index (χ2n) is 9.22. The molecule has 1 aliphatic heterocycles. The molecule has 0 bridgehead atoms. The molecule has 0 saturated carbocycles. The molecule has 5 aromatic rings. The van der Waals surface area contributed by atoms with Gasteiger partial charge >= 0.3 is 0 Å². The zero-order valence-electron chi connectivity index (χ0n) is 20.4. The van der Waals surface area contributed by atoms with E-state index in [1.54, 1.807) is 4.57 Å². The van der Waals surface area contributed by atoms with Crippen LogP contribution < -0.4 is 5.73 Å². The summed E-state index contributed by atoms with van der Waals surface area (Å²) in [5.74, 6) is 0.222. The first-order chi connectivity index (χ1) is 18.6. The summed E-state index contributed by atoms with van der Waals surface area (Å²) < 4.78 is 14.5. The summed E-state index contributed by atoms with van der Waals surface area (Å²) in [7, 11) is 0. The number of fused-ring (bicyclic) bond motifs is 1. The van der Waals surface area contributed by atoms with Crippen LogP contribution >= 0.6 is 0 Å². The molecule has 3 heterocycles. The maximum absolute atomic E-state index is 11.0. The Morgan fingerprint density at radius 3 is 1.89 bits per heavy atom. The van der Waals surface area contributed by atoms with Gasteiger partial charge < -0.3 is 25.4 Å². The van der Waals surface area contributed by atoms with Gasteiger partial charge in [0.05, 0.1) is 12.9 Å². The molecule has 192 valence electrons. The van der Waals surface area contributed by atoms with Gasteiger partial charge in [0.2, 0.25) is 0 Å². The summed E-state index contributed by atoms with van der Waals surface area (Å²) in [6, 6.07) is 29.8. The number of nitrogens with two attached hydrogens (primary N) is 1. The lowest BCUT2D eigenvalue weighted by molar-refractivity contribution is -0.0942. The molecule has 2 unspecified atom stereocenters. The summed E-state index contributed by atoms with van der Waals surface area (Å²) in [5.41, 5.74) is 8.51. The number of nitrogen functional groups attached to an aromatic ring is 1. The van der Waals surface area contributed by atoms with E-state index in [1.807, 2.05) is 91.0 Å². The van der Waals surface area contributed by atoms with E-state index in [0.717, 1.165) is 16.7 Å². The maximum atomic E-state index is 11.0. The molecule has 4 N–H and O–H groups in total. The second kappa shape index (κ2) is 9.96. The van der Waals surface area contributed by atoms with E-state index < -0.39 is 30.1 Å². The average molecular weight is 510 g/mol. The van der Waals surface area contributed by atoms with E-state index in [9.17, 15) is 10.2 Å². The molecule has 0 aliphatic carbocycles. The van der Waals surface area contributed by atoms with Crippen molar-refractivity contribution in [2.45, 2.75) is 30.1 Å². The highest BCUT2D eigenvalue weighted by Gasteiger charge is 2.46. The van der Waals surface area contributed by atoms with Crippen molar-refractivity contribution in [2.24, 2.45) is 0 Å². The van der Waals surface area contributed by atoms with Gasteiger partial charge in [0.25, 0.3) is 0 Å². The van der Waals surface area contributed by atoms with Crippen molar-refractivity contribution in [3.05, 3.63) is 120 Å². The topological polar surface area (TPSA) is 129 Å². The Bertz CT molecular complexity index is 1420. The van der Waals surface area contributed by atoms with Crippen molar-refractivity contribution in [1.29, 1.82) is 0 Å². The zero-order chi connectivity index (χ0) is 26.1. The fraction of sp³-hybridized carbons (Fsp3) is 0.207. The number of benzene rings is 3. The van der Waals surface area contributed by atoms with Crippen LogP contribution in [0.4, 0.5) is 5.82 Å². The predicted molar refractivity (Wildman–Crippen MR) is 141 cm³/mol. The molecule has 6 rings (SSSR count). The van der Waals surface area contributed by atoms with Crippen LogP contribution in [0.5, 0.6) is 0 Å². The van der Waals surface area contributed by atoms with E-state index in [0.29, 0.717) is 11.2 Å². The summed E-state index contributed by atoms with van der Waals surface area (Å²) in [4.78, 5) is 12.5. The number of hydrogen-bond donors (Lipinski definition) is 3. The molecular formula is C29H27N5O4. The highest BCUT2D eigenvalue weighted by atomic mass is 16.6. The molecule has 0 amide bonds. The third-order valence-electron chi connectivity index (χ3n) is 7.00. The smallest absolute Gasteiger partial charge is 0.167 e. The van der Waals surface area contributed by atoms with Crippen LogP contribution in [0, 0.1) is 0 Å². The minimum absolute atomic E-state index is 0.00282. The van der Waals surface area contributed by atoms with Crippen molar-refractivity contribution >= 4 is 17.0 Å². The monoisotopic (exact) mass is 509 g/mol. The Morgan fingerprint density at radius 1 is 0.789 bits per heavy atom. The van der Waals surface area contributed by atoms with Gasteiger partial charge in [-0.3, -0.25) is 4.57 Å². The van der Waals surface area contributed by atoms with E-state index >= 15 is 0 Å². The number of nitrogens with zero attached hydrogens (tertiary/aromatic N) is 4. The first-order valence-electron chi connectivity index (χ1n) is 12.3. The molecule has 0 radical (unpaired) electrons. The van der Waals surface area contributed by atoms with Gasteiger partial charge in [-0.15, -0.1) is 0 Å². The molecule has 3 aromatic carbocycles. The fourth-order valence-corrected chi connectivity index (χ4v) is 5.13. The number of imidazole rings is 1. The van der Waals surface area contributed by atoms with Crippen LogP contribution in [0.1, 0.15) is 22.9 Å². The van der Waals surface area contributed by atoms with E-state index in [-0.39, 0.29) is 12.4 Å². The minimum atomic E-state index is -1.24. The Labute approximate surface area is 219 Å². The van der Waals surface area contributed by atoms with Crippen molar-refractivity contribution in [3.8, 4) is 0 Å². The van der Waals surface area contributed by atoms with Crippen molar-refractivity contribution in [1.82, 2.24) is 19.5 Å². The SMILES string of the molecule is Nc1ncnc2c1ncn2[C@@H]1O[C@H](COC(c2ccccc2)(c2ccccc2)c2ccccc2)C(O)C1O. The number of rotatable bonds is 7. The van der Waals surface area contributed by atoms with Gasteiger partial charge in [-0.1, -0.05) is 91.0 Å². The fourth-order valence-electron chi connectivity index (χ4n) is 5.13. The molecule has 0 spiro atoms. The largest absolute Gasteiger partial charge is 0.387 e. The molecule has 1 aliphatic rings. The maximum Gasteiger partial charge on any atom is 0.167 e. The highest BCUT2D eigenvalue weighted by Crippen LogP contribution is 2.42. The van der Waals surface area contributed by atoms with Crippen molar-refractivity contribution < 1.29 is 19.7 Å². The van der Waals surface area contributed by atoms with Crippen LogP contribution in [-0.2, 0) is 15.1 Å². The van der Waals surface area contributed by atoms with Gasteiger partial charge in [0, 0.05) is 0 Å².